The topological polar surface area (TPSA) is 105 Å². The number of quaternary nitrogens is 1. The number of nitrogens with one attached hydrogen (secondary N) is 1. The Labute approximate surface area is 436 Å². The Morgan fingerprint density at radius 1 is 0.486 bits per heavy atom. The summed E-state index contributed by atoms with van der Waals surface area (Å²) >= 11 is 0. The molecule has 0 fully saturated rings. The number of phosphoric ester groups is 1. The smallest absolute Gasteiger partial charge is 0.387 e. The fourth-order valence-corrected chi connectivity index (χ4v) is 9.81. The number of amides is 1. The summed E-state index contributed by atoms with van der Waals surface area (Å²) in [6, 6.07) is -0.850. The molecule has 0 saturated carbocycles. The Bertz CT molecular complexity index is 1230. The van der Waals surface area contributed by atoms with Gasteiger partial charge >= 0.3 is 7.82 Å². The molecular formula is C61H120N2O6P+. The summed E-state index contributed by atoms with van der Waals surface area (Å²) in [5.41, 5.74) is 0. The quantitative estimate of drug-likeness (QED) is 0.0243. The monoisotopic (exact) mass is 1010 g/mol. The zero-order valence-corrected chi connectivity index (χ0v) is 48.2. The van der Waals surface area contributed by atoms with Crippen LogP contribution in [0.15, 0.2) is 36.5 Å². The maximum absolute atomic E-state index is 13.0. The standard InChI is InChI=1S/C61H119N2O6P/c1-6-8-10-12-14-16-18-20-22-24-26-28-30-31-33-35-37-39-41-43-45-47-49-51-53-55-61(65)62-59(58-69-70(66,67)68-57-56-63(3,4)5)60(64)54-52-50-48-46-44-42-40-38-36-34-32-29-27-25-23-21-19-17-15-13-11-9-7-2/h26,28,31,33,52,54,59-60,64H,6-25,27,29-30,32,34-51,53,55-58H2,1-5H3,(H-,62,65,66,67)/p+1/b28-26-,33-31-,54-52+. The van der Waals surface area contributed by atoms with Crippen LogP contribution in [0.2, 0.25) is 0 Å². The van der Waals surface area contributed by atoms with E-state index in [-0.39, 0.29) is 19.1 Å². The number of carbonyl (C=O) groups is 1. The Hall–Kier alpha value is -1.28. The molecule has 1 amide bonds. The van der Waals surface area contributed by atoms with Crippen molar-refractivity contribution < 1.29 is 32.9 Å². The van der Waals surface area contributed by atoms with Gasteiger partial charge in [-0.25, -0.2) is 4.57 Å². The molecule has 0 aliphatic rings. The number of hydrogen-bond donors (Lipinski definition) is 3. The lowest BCUT2D eigenvalue weighted by molar-refractivity contribution is -0.870. The van der Waals surface area contributed by atoms with Crippen molar-refractivity contribution in [3.8, 4) is 0 Å². The van der Waals surface area contributed by atoms with Crippen molar-refractivity contribution in [2.45, 2.75) is 309 Å². The fraction of sp³-hybridized carbons (Fsp3) is 0.885. The van der Waals surface area contributed by atoms with Gasteiger partial charge in [0.1, 0.15) is 13.2 Å². The van der Waals surface area contributed by atoms with Crippen LogP contribution in [0.4, 0.5) is 0 Å². The lowest BCUT2D eigenvalue weighted by Crippen LogP contribution is -2.45. The fourth-order valence-electron chi connectivity index (χ4n) is 9.08. The zero-order chi connectivity index (χ0) is 51.3. The van der Waals surface area contributed by atoms with Crippen LogP contribution >= 0.6 is 7.82 Å². The molecule has 0 aliphatic carbocycles. The molecule has 0 heterocycles. The average molecular weight is 1010 g/mol. The molecule has 3 atom stereocenters. The van der Waals surface area contributed by atoms with Crippen LogP contribution in [0.25, 0.3) is 0 Å². The molecule has 0 saturated heterocycles. The minimum Gasteiger partial charge on any atom is -0.387 e. The molecule has 0 bridgehead atoms. The van der Waals surface area contributed by atoms with E-state index in [1.807, 2.05) is 27.2 Å². The molecule has 414 valence electrons. The van der Waals surface area contributed by atoms with Crippen molar-refractivity contribution in [2.75, 3.05) is 40.9 Å². The van der Waals surface area contributed by atoms with Gasteiger partial charge < -0.3 is 19.8 Å². The van der Waals surface area contributed by atoms with Crippen LogP contribution in [0.5, 0.6) is 0 Å². The molecule has 0 aliphatic heterocycles. The van der Waals surface area contributed by atoms with Gasteiger partial charge in [0.2, 0.25) is 5.91 Å². The van der Waals surface area contributed by atoms with Gasteiger partial charge in [-0.3, -0.25) is 13.8 Å². The highest BCUT2D eigenvalue weighted by Gasteiger charge is 2.27. The number of phosphoric acid groups is 1. The summed E-state index contributed by atoms with van der Waals surface area (Å²) in [5, 5.41) is 14.0. The number of aliphatic hydroxyl groups is 1. The predicted molar refractivity (Wildman–Crippen MR) is 304 cm³/mol. The molecule has 0 aromatic rings. The van der Waals surface area contributed by atoms with E-state index in [0.29, 0.717) is 17.4 Å². The Morgan fingerprint density at radius 3 is 1.17 bits per heavy atom. The molecule has 0 radical (unpaired) electrons. The SMILES string of the molecule is CCCCCCCCCCC/C=C\C/C=C\CCCCCCCCCCCC(=O)NC(COP(=O)(O)OCC[N+](C)(C)C)C(O)/C=C/CCCCCCCCCCCCCCCCCCCCCCC. The van der Waals surface area contributed by atoms with Crippen molar-refractivity contribution >= 4 is 13.7 Å². The summed E-state index contributed by atoms with van der Waals surface area (Å²) in [5.74, 6) is -0.178. The number of unbranched alkanes of at least 4 members (excludes halogenated alkanes) is 39. The molecule has 3 N–H and O–H groups in total. The molecule has 9 heteroatoms. The van der Waals surface area contributed by atoms with Crippen LogP contribution in [-0.2, 0) is 18.4 Å². The van der Waals surface area contributed by atoms with Crippen LogP contribution in [0.1, 0.15) is 296 Å². The number of nitrogens with zero attached hydrogens (tertiary/aromatic N) is 1. The molecular weight excluding hydrogens is 888 g/mol. The van der Waals surface area contributed by atoms with E-state index in [2.05, 4.69) is 43.5 Å². The third kappa shape index (κ3) is 54.5. The first-order valence-electron chi connectivity index (χ1n) is 30.4. The minimum atomic E-state index is -4.35. The normalized spacial score (nSPS) is 14.1. The molecule has 3 unspecified atom stereocenters. The maximum atomic E-state index is 13.0. The maximum Gasteiger partial charge on any atom is 0.472 e. The van der Waals surface area contributed by atoms with Crippen molar-refractivity contribution in [3.63, 3.8) is 0 Å². The molecule has 70 heavy (non-hydrogen) atoms. The number of rotatable bonds is 56. The third-order valence-electron chi connectivity index (χ3n) is 13.9. The predicted octanol–water partition coefficient (Wildman–Crippen LogP) is 18.5. The molecule has 0 rings (SSSR count). The highest BCUT2D eigenvalue weighted by atomic mass is 31.2. The molecule has 0 aromatic carbocycles. The first kappa shape index (κ1) is 68.7. The minimum absolute atomic E-state index is 0.0611. The van der Waals surface area contributed by atoms with Crippen molar-refractivity contribution in [3.05, 3.63) is 36.5 Å². The Balaban J connectivity index is 4.19. The molecule has 8 nitrogen and oxygen atoms in total. The van der Waals surface area contributed by atoms with E-state index < -0.39 is 20.0 Å². The summed E-state index contributed by atoms with van der Waals surface area (Å²) in [6.45, 7) is 4.85. The van der Waals surface area contributed by atoms with E-state index >= 15 is 0 Å². The third-order valence-corrected chi connectivity index (χ3v) is 14.8. The van der Waals surface area contributed by atoms with Crippen LogP contribution in [0.3, 0.4) is 0 Å². The van der Waals surface area contributed by atoms with E-state index in [4.69, 9.17) is 9.05 Å². The van der Waals surface area contributed by atoms with E-state index in [1.54, 1.807) is 6.08 Å². The number of aliphatic hydroxyl groups excluding tert-OH is 1. The van der Waals surface area contributed by atoms with Gasteiger partial charge in [0, 0.05) is 6.42 Å². The summed E-state index contributed by atoms with van der Waals surface area (Å²) in [6.07, 6.45) is 68.2. The number of hydrogen-bond acceptors (Lipinski definition) is 5. The van der Waals surface area contributed by atoms with Gasteiger partial charge in [-0.2, -0.15) is 0 Å². The lowest BCUT2D eigenvalue weighted by atomic mass is 10.0. The molecule has 0 aromatic heterocycles. The average Bonchev–Trinajstić information content (AvgIpc) is 3.32. The second-order valence-corrected chi connectivity index (χ2v) is 23.5. The first-order valence-corrected chi connectivity index (χ1v) is 31.9. The van der Waals surface area contributed by atoms with Gasteiger partial charge in [-0.1, -0.05) is 275 Å². The van der Waals surface area contributed by atoms with Gasteiger partial charge in [0.25, 0.3) is 0 Å². The number of likely N-dealkylation sites (N-methyl/N-ethyl adjacent to an activating group) is 1. The Morgan fingerprint density at radius 2 is 0.814 bits per heavy atom. The van der Waals surface area contributed by atoms with Gasteiger partial charge in [-0.15, -0.1) is 0 Å². The highest BCUT2D eigenvalue weighted by molar-refractivity contribution is 7.47. The Kier molecular flexibility index (Phi) is 51.6. The second kappa shape index (κ2) is 52.6. The number of carbonyl (C=O) groups excluding carboxylic acids is 1. The lowest BCUT2D eigenvalue weighted by Gasteiger charge is -2.25. The van der Waals surface area contributed by atoms with E-state index in [9.17, 15) is 19.4 Å². The van der Waals surface area contributed by atoms with Crippen molar-refractivity contribution in [1.82, 2.24) is 5.32 Å². The van der Waals surface area contributed by atoms with E-state index in [1.165, 1.54) is 231 Å². The van der Waals surface area contributed by atoms with Crippen LogP contribution in [-0.4, -0.2) is 73.4 Å². The van der Waals surface area contributed by atoms with Gasteiger partial charge in [-0.05, 0) is 51.4 Å². The summed E-state index contributed by atoms with van der Waals surface area (Å²) in [4.78, 5) is 23.3. The van der Waals surface area contributed by atoms with Gasteiger partial charge in [0.05, 0.1) is 39.9 Å². The van der Waals surface area contributed by atoms with Crippen molar-refractivity contribution in [1.29, 1.82) is 0 Å². The van der Waals surface area contributed by atoms with Crippen LogP contribution < -0.4 is 5.32 Å². The highest BCUT2D eigenvalue weighted by Crippen LogP contribution is 2.43. The largest absolute Gasteiger partial charge is 0.472 e. The summed E-state index contributed by atoms with van der Waals surface area (Å²) in [7, 11) is 1.58. The van der Waals surface area contributed by atoms with Gasteiger partial charge in [0.15, 0.2) is 0 Å². The summed E-state index contributed by atoms with van der Waals surface area (Å²) < 4.78 is 23.7. The zero-order valence-electron chi connectivity index (χ0n) is 47.3. The second-order valence-electron chi connectivity index (χ2n) is 22.1. The van der Waals surface area contributed by atoms with Crippen LogP contribution in [0, 0.1) is 0 Å². The first-order chi connectivity index (χ1) is 34.0. The van der Waals surface area contributed by atoms with E-state index in [0.717, 1.165) is 44.9 Å². The number of allylic oxidation sites excluding steroid dienone is 5. The van der Waals surface area contributed by atoms with Crippen molar-refractivity contribution in [2.24, 2.45) is 0 Å². The molecule has 0 spiro atoms.